The molecule has 0 heterocycles. The van der Waals surface area contributed by atoms with Crippen LogP contribution in [-0.4, -0.2) is 33.4 Å². The number of ether oxygens (including phenoxy) is 1. The fraction of sp³-hybridized carbons (Fsp3) is 0.208. The van der Waals surface area contributed by atoms with Gasteiger partial charge in [0.1, 0.15) is 0 Å². The highest BCUT2D eigenvalue weighted by atomic mass is 32.2. The van der Waals surface area contributed by atoms with Crippen molar-refractivity contribution < 1.29 is 22.3 Å². The zero-order valence-corrected chi connectivity index (χ0v) is 18.9. The molecule has 0 aromatic heterocycles. The van der Waals surface area contributed by atoms with Crippen LogP contribution in [0, 0.1) is 12.7 Å². The maximum Gasteiger partial charge on any atom is 0.253 e. The molecule has 0 unspecified atom stereocenters. The van der Waals surface area contributed by atoms with E-state index in [1.165, 1.54) is 30.2 Å². The molecule has 3 aromatic carbocycles. The second-order valence-corrected chi connectivity index (χ2v) is 9.16. The van der Waals surface area contributed by atoms with E-state index in [0.29, 0.717) is 11.1 Å². The standard InChI is InChI=1S/C24H25FN2O4S/c1-17-9-11-20(14-23(17)32(29,30)26-15-18-7-5-4-6-8-18)24(28)27(2)16-19-10-12-22(31-3)21(25)13-19/h4-14,26H,15-16H2,1-3H3. The molecular weight excluding hydrogens is 431 g/mol. The lowest BCUT2D eigenvalue weighted by atomic mass is 10.1. The molecule has 0 atom stereocenters. The molecule has 0 radical (unpaired) electrons. The molecule has 1 amide bonds. The van der Waals surface area contributed by atoms with Crippen LogP contribution >= 0.6 is 0 Å². The number of nitrogens with zero attached hydrogens (tertiary/aromatic N) is 1. The Morgan fingerprint density at radius 2 is 1.75 bits per heavy atom. The molecule has 6 nitrogen and oxygen atoms in total. The van der Waals surface area contributed by atoms with E-state index in [-0.39, 0.29) is 35.2 Å². The molecule has 168 valence electrons. The van der Waals surface area contributed by atoms with Crippen LogP contribution in [0.4, 0.5) is 4.39 Å². The molecule has 1 N–H and O–H groups in total. The molecule has 0 aliphatic heterocycles. The highest BCUT2D eigenvalue weighted by Crippen LogP contribution is 2.21. The number of benzene rings is 3. The quantitative estimate of drug-likeness (QED) is 0.558. The van der Waals surface area contributed by atoms with Crippen LogP contribution < -0.4 is 9.46 Å². The molecule has 0 aliphatic carbocycles. The van der Waals surface area contributed by atoms with Crippen LogP contribution in [0.5, 0.6) is 5.75 Å². The van der Waals surface area contributed by atoms with Gasteiger partial charge in [-0.05, 0) is 47.9 Å². The minimum Gasteiger partial charge on any atom is -0.494 e. The molecule has 0 saturated carbocycles. The zero-order valence-electron chi connectivity index (χ0n) is 18.1. The Kier molecular flexibility index (Phi) is 7.27. The molecule has 8 heteroatoms. The molecule has 3 aromatic rings. The van der Waals surface area contributed by atoms with Gasteiger partial charge >= 0.3 is 0 Å². The summed E-state index contributed by atoms with van der Waals surface area (Å²) < 4.78 is 47.2. The Morgan fingerprint density at radius 1 is 1.03 bits per heavy atom. The van der Waals surface area contributed by atoms with E-state index >= 15 is 0 Å². The van der Waals surface area contributed by atoms with Gasteiger partial charge in [0, 0.05) is 25.7 Å². The first kappa shape index (κ1) is 23.4. The van der Waals surface area contributed by atoms with Gasteiger partial charge in [0.15, 0.2) is 11.6 Å². The van der Waals surface area contributed by atoms with Crippen molar-refractivity contribution in [3.63, 3.8) is 0 Å². The first-order valence-corrected chi connectivity index (χ1v) is 11.4. The first-order chi connectivity index (χ1) is 15.2. The summed E-state index contributed by atoms with van der Waals surface area (Å²) in [6.07, 6.45) is 0. The maximum absolute atomic E-state index is 13.9. The number of methoxy groups -OCH3 is 1. The van der Waals surface area contributed by atoms with Crippen molar-refractivity contribution >= 4 is 15.9 Å². The number of carbonyl (C=O) groups excluding carboxylic acids is 1. The monoisotopic (exact) mass is 456 g/mol. The number of carbonyl (C=O) groups is 1. The average molecular weight is 457 g/mol. The van der Waals surface area contributed by atoms with Gasteiger partial charge in [0.2, 0.25) is 10.0 Å². The Hall–Kier alpha value is -3.23. The number of sulfonamides is 1. The molecule has 3 rings (SSSR count). The second-order valence-electron chi connectivity index (χ2n) is 7.42. The van der Waals surface area contributed by atoms with Crippen LogP contribution in [-0.2, 0) is 23.1 Å². The second kappa shape index (κ2) is 9.93. The number of hydrogen-bond donors (Lipinski definition) is 1. The van der Waals surface area contributed by atoms with Crippen molar-refractivity contribution in [3.05, 3.63) is 94.8 Å². The van der Waals surface area contributed by atoms with Crippen LogP contribution in [0.3, 0.4) is 0 Å². The summed E-state index contributed by atoms with van der Waals surface area (Å²) in [5.74, 6) is -0.765. The summed E-state index contributed by atoms with van der Waals surface area (Å²) in [5, 5.41) is 0. The van der Waals surface area contributed by atoms with Gasteiger partial charge in [-0.15, -0.1) is 0 Å². The third-order valence-electron chi connectivity index (χ3n) is 5.02. The summed E-state index contributed by atoms with van der Waals surface area (Å²) in [4.78, 5) is 14.4. The molecule has 0 fully saturated rings. The summed E-state index contributed by atoms with van der Waals surface area (Å²) >= 11 is 0. The van der Waals surface area contributed by atoms with Gasteiger partial charge in [0.25, 0.3) is 5.91 Å². The van der Waals surface area contributed by atoms with Crippen molar-refractivity contribution in [2.75, 3.05) is 14.2 Å². The SMILES string of the molecule is COc1ccc(CN(C)C(=O)c2ccc(C)c(S(=O)(=O)NCc3ccccc3)c2)cc1F. The fourth-order valence-corrected chi connectivity index (χ4v) is 4.54. The lowest BCUT2D eigenvalue weighted by Gasteiger charge is -2.19. The Morgan fingerprint density at radius 3 is 2.41 bits per heavy atom. The van der Waals surface area contributed by atoms with Crippen LogP contribution in [0.1, 0.15) is 27.0 Å². The lowest BCUT2D eigenvalue weighted by Crippen LogP contribution is -2.27. The van der Waals surface area contributed by atoms with Gasteiger partial charge in [-0.1, -0.05) is 42.5 Å². The highest BCUT2D eigenvalue weighted by Gasteiger charge is 2.21. The lowest BCUT2D eigenvalue weighted by molar-refractivity contribution is 0.0784. The predicted octanol–water partition coefficient (Wildman–Crippen LogP) is 3.89. The summed E-state index contributed by atoms with van der Waals surface area (Å²) in [7, 11) is -0.871. The number of amides is 1. The van der Waals surface area contributed by atoms with Crippen LogP contribution in [0.2, 0.25) is 0 Å². The van der Waals surface area contributed by atoms with E-state index < -0.39 is 15.8 Å². The van der Waals surface area contributed by atoms with E-state index in [4.69, 9.17) is 4.74 Å². The number of nitrogens with one attached hydrogen (secondary N) is 1. The third-order valence-corrected chi connectivity index (χ3v) is 6.56. The van der Waals surface area contributed by atoms with Gasteiger partial charge in [-0.25, -0.2) is 17.5 Å². The van der Waals surface area contributed by atoms with Crippen molar-refractivity contribution in [3.8, 4) is 5.75 Å². The number of halogens is 1. The average Bonchev–Trinajstić information content (AvgIpc) is 2.78. The van der Waals surface area contributed by atoms with Crippen molar-refractivity contribution in [1.82, 2.24) is 9.62 Å². The topological polar surface area (TPSA) is 75.7 Å². The van der Waals surface area contributed by atoms with Gasteiger partial charge in [-0.3, -0.25) is 4.79 Å². The van der Waals surface area contributed by atoms with E-state index in [1.807, 2.05) is 30.3 Å². The predicted molar refractivity (Wildman–Crippen MR) is 120 cm³/mol. The Labute approximate surface area is 187 Å². The number of hydrogen-bond acceptors (Lipinski definition) is 4. The molecule has 0 aliphatic rings. The highest BCUT2D eigenvalue weighted by molar-refractivity contribution is 7.89. The molecule has 0 spiro atoms. The maximum atomic E-state index is 13.9. The van der Waals surface area contributed by atoms with Gasteiger partial charge < -0.3 is 9.64 Å². The molecule has 0 saturated heterocycles. The van der Waals surface area contributed by atoms with Gasteiger partial charge in [-0.2, -0.15) is 0 Å². The van der Waals surface area contributed by atoms with E-state index in [2.05, 4.69) is 4.72 Å². The van der Waals surface area contributed by atoms with Crippen LogP contribution in [0.15, 0.2) is 71.6 Å². The largest absolute Gasteiger partial charge is 0.494 e. The zero-order chi connectivity index (χ0) is 23.3. The fourth-order valence-electron chi connectivity index (χ4n) is 3.25. The summed E-state index contributed by atoms with van der Waals surface area (Å²) in [6, 6.07) is 18.2. The van der Waals surface area contributed by atoms with Gasteiger partial charge in [0.05, 0.1) is 12.0 Å². The van der Waals surface area contributed by atoms with E-state index in [9.17, 15) is 17.6 Å². The van der Waals surface area contributed by atoms with E-state index in [0.717, 1.165) is 5.56 Å². The molecule has 32 heavy (non-hydrogen) atoms. The third kappa shape index (κ3) is 5.52. The van der Waals surface area contributed by atoms with Crippen molar-refractivity contribution in [1.29, 1.82) is 0 Å². The smallest absolute Gasteiger partial charge is 0.253 e. The Bertz CT molecular complexity index is 1210. The minimum absolute atomic E-state index is 0.0446. The molecular formula is C24H25FN2O4S. The Balaban J connectivity index is 1.77. The van der Waals surface area contributed by atoms with Crippen LogP contribution in [0.25, 0.3) is 0 Å². The first-order valence-electron chi connectivity index (χ1n) is 9.93. The summed E-state index contributed by atoms with van der Waals surface area (Å²) in [5.41, 5.74) is 2.17. The number of aryl methyl sites for hydroxylation is 1. The van der Waals surface area contributed by atoms with Crippen molar-refractivity contribution in [2.45, 2.75) is 24.9 Å². The summed E-state index contributed by atoms with van der Waals surface area (Å²) in [6.45, 7) is 1.97. The van der Waals surface area contributed by atoms with Crippen molar-refractivity contribution in [2.24, 2.45) is 0 Å². The normalized spacial score (nSPS) is 11.2. The molecule has 0 bridgehead atoms. The number of rotatable bonds is 8. The van der Waals surface area contributed by atoms with E-state index in [1.54, 1.807) is 32.2 Å². The minimum atomic E-state index is -3.83.